The highest BCUT2D eigenvalue weighted by Crippen LogP contribution is 2.50. The predicted molar refractivity (Wildman–Crippen MR) is 188 cm³/mol. The summed E-state index contributed by atoms with van der Waals surface area (Å²) in [5, 5.41) is 2.49. The molecule has 10 nitrogen and oxygen atoms in total. The first kappa shape index (κ1) is 41.8. The minimum absolute atomic E-state index is 0.0369. The van der Waals surface area contributed by atoms with Crippen LogP contribution in [-0.4, -0.2) is 73.4 Å². The molecule has 16 heteroatoms. The van der Waals surface area contributed by atoms with Crippen LogP contribution in [0.5, 0.6) is 0 Å². The molecule has 2 heterocycles. The normalized spacial score (nSPS) is 23.5. The second-order valence-corrected chi connectivity index (χ2v) is 13.3. The molecule has 1 amide bonds. The summed E-state index contributed by atoms with van der Waals surface area (Å²) >= 11 is 0. The van der Waals surface area contributed by atoms with E-state index in [2.05, 4.69) is 14.8 Å². The van der Waals surface area contributed by atoms with Crippen molar-refractivity contribution < 1.29 is 69.1 Å². The predicted octanol–water partition coefficient (Wildman–Crippen LogP) is 6.95. The number of rotatable bonds is 16. The Balaban J connectivity index is 1.30. The summed E-state index contributed by atoms with van der Waals surface area (Å²) in [5.74, 6) is -8.47. The summed E-state index contributed by atoms with van der Waals surface area (Å²) in [7, 11) is 0. The molecule has 4 aromatic rings. The maximum absolute atomic E-state index is 13.6. The number of carbonyl (C=O) groups excluding carboxylic acids is 2. The monoisotopic (exact) mass is 803 g/mol. The molecule has 6 rings (SSSR count). The van der Waals surface area contributed by atoms with E-state index in [1.54, 1.807) is 30.3 Å². The maximum Gasteiger partial charge on any atom is 0.465 e. The summed E-state index contributed by atoms with van der Waals surface area (Å²) in [5.41, 5.74) is 3.16. The summed E-state index contributed by atoms with van der Waals surface area (Å²) in [6.07, 6.45) is -21.8. The molecule has 57 heavy (non-hydrogen) atoms. The fourth-order valence-corrected chi connectivity index (χ4v) is 6.31. The van der Waals surface area contributed by atoms with Crippen molar-refractivity contribution in [3.05, 3.63) is 144 Å². The van der Waals surface area contributed by atoms with Gasteiger partial charge in [-0.3, -0.25) is 4.79 Å². The van der Waals surface area contributed by atoms with E-state index in [9.17, 15) is 35.9 Å². The first-order valence-corrected chi connectivity index (χ1v) is 17.9. The molecule has 2 fully saturated rings. The third kappa shape index (κ3) is 10.6. The molecule has 2 aliphatic rings. The van der Waals surface area contributed by atoms with E-state index in [-0.39, 0.29) is 33.0 Å². The van der Waals surface area contributed by atoms with Crippen LogP contribution in [0.3, 0.4) is 0 Å². The van der Waals surface area contributed by atoms with Gasteiger partial charge in [-0.1, -0.05) is 121 Å². The molecule has 2 saturated heterocycles. The summed E-state index contributed by atoms with van der Waals surface area (Å²) in [6.45, 7) is 0.144. The number of hydrogen-bond acceptors (Lipinski definition) is 9. The lowest BCUT2D eigenvalue weighted by Gasteiger charge is -2.46. The zero-order valence-electron chi connectivity index (χ0n) is 30.2. The first-order chi connectivity index (χ1) is 27.3. The Morgan fingerprint density at radius 3 is 1.47 bits per heavy atom. The molecule has 4 aromatic carbocycles. The van der Waals surface area contributed by atoms with Gasteiger partial charge in [-0.2, -0.15) is 26.3 Å². The highest BCUT2D eigenvalue weighted by molar-refractivity contribution is 5.85. The lowest BCUT2D eigenvalue weighted by molar-refractivity contribution is -0.439. The number of nitrogens with one attached hydrogen (secondary N) is 1. The van der Waals surface area contributed by atoms with Crippen molar-refractivity contribution >= 4 is 11.9 Å². The van der Waals surface area contributed by atoms with Crippen LogP contribution < -0.4 is 5.32 Å². The first-order valence-electron chi connectivity index (χ1n) is 17.9. The molecule has 304 valence electrons. The number of alkyl halides is 6. The van der Waals surface area contributed by atoms with Gasteiger partial charge in [0.1, 0.15) is 24.4 Å². The highest BCUT2D eigenvalue weighted by atomic mass is 19.4. The van der Waals surface area contributed by atoms with E-state index in [0.717, 1.165) is 22.3 Å². The third-order valence-corrected chi connectivity index (χ3v) is 9.12. The topological polar surface area (TPSA) is 111 Å². The van der Waals surface area contributed by atoms with Crippen molar-refractivity contribution in [2.24, 2.45) is 0 Å². The molecule has 0 saturated carbocycles. The van der Waals surface area contributed by atoms with Crippen molar-refractivity contribution in [3.63, 3.8) is 0 Å². The molecular weight excluding hydrogens is 764 g/mol. The standard InChI is InChI=1S/C41H39F6NO9/c42-40(43,44)39(41(45,46)47)56-31(38(50)57-39)21-33(49)48-37-36(54-25-30-19-11-4-12-20-30)35(53-24-29-17-9-3-10-18-29)34(52-23-28-15-7-2-8-16-28)32(55-37)26-51-22-27-13-5-1-6-14-27/h1-20,31-32,34-37H,21-26H2,(H,48,49)/t31-,32+,34+,35-,36+,37+/m0/s1. The van der Waals surface area contributed by atoms with Crippen LogP contribution in [0.2, 0.25) is 0 Å². The van der Waals surface area contributed by atoms with Crippen LogP contribution in [-0.2, 0) is 69.2 Å². The van der Waals surface area contributed by atoms with Crippen molar-refractivity contribution in [2.45, 2.75) is 87.7 Å². The number of amides is 1. The summed E-state index contributed by atoms with van der Waals surface area (Å²) in [6, 6.07) is 36.6. The van der Waals surface area contributed by atoms with E-state index in [4.69, 9.17) is 23.7 Å². The van der Waals surface area contributed by atoms with E-state index in [1.165, 1.54) is 0 Å². The Labute approximate surface area is 323 Å². The summed E-state index contributed by atoms with van der Waals surface area (Å²) < 4.78 is 122. The van der Waals surface area contributed by atoms with Gasteiger partial charge < -0.3 is 38.5 Å². The van der Waals surface area contributed by atoms with Gasteiger partial charge >= 0.3 is 24.1 Å². The average Bonchev–Trinajstić information content (AvgIpc) is 3.55. The van der Waals surface area contributed by atoms with E-state index >= 15 is 0 Å². The molecule has 0 radical (unpaired) electrons. The number of benzene rings is 4. The number of halogens is 6. The average molecular weight is 804 g/mol. The minimum atomic E-state index is -6.19. The van der Waals surface area contributed by atoms with Gasteiger partial charge in [0.05, 0.1) is 39.5 Å². The van der Waals surface area contributed by atoms with Gasteiger partial charge in [0.25, 0.3) is 0 Å². The number of ether oxygens (including phenoxy) is 7. The quantitative estimate of drug-likeness (QED) is 0.0951. The second kappa shape index (κ2) is 18.6. The Hall–Kier alpha value is -4.84. The van der Waals surface area contributed by atoms with Crippen LogP contribution in [0, 0.1) is 0 Å². The Morgan fingerprint density at radius 1 is 0.614 bits per heavy atom. The molecule has 0 spiro atoms. The molecule has 1 N–H and O–H groups in total. The minimum Gasteiger partial charge on any atom is -0.414 e. The van der Waals surface area contributed by atoms with Crippen molar-refractivity contribution in [2.75, 3.05) is 6.61 Å². The fourth-order valence-electron chi connectivity index (χ4n) is 6.31. The van der Waals surface area contributed by atoms with Crippen LogP contribution in [0.15, 0.2) is 121 Å². The maximum atomic E-state index is 13.6. The van der Waals surface area contributed by atoms with Gasteiger partial charge in [0, 0.05) is 0 Å². The third-order valence-electron chi connectivity index (χ3n) is 9.12. The highest BCUT2D eigenvalue weighted by Gasteiger charge is 2.80. The van der Waals surface area contributed by atoms with Crippen LogP contribution in [0.1, 0.15) is 28.7 Å². The SMILES string of the molecule is O=C(C[C@@H]1OC(C(F)(F)F)(C(F)(F)F)OC1=O)N[C@@H]1O[C@H](COCc2ccccc2)[C@@H](OCc2ccccc2)[C@H](OCc2ccccc2)[C@H]1OCc1ccccc1. The second-order valence-electron chi connectivity index (χ2n) is 13.3. The van der Waals surface area contributed by atoms with Gasteiger partial charge in [0.15, 0.2) is 12.3 Å². The smallest absolute Gasteiger partial charge is 0.414 e. The summed E-state index contributed by atoms with van der Waals surface area (Å²) in [4.78, 5) is 25.9. The molecule has 6 atom stereocenters. The molecule has 0 aromatic heterocycles. The number of cyclic esters (lactones) is 1. The number of hydrogen-bond donors (Lipinski definition) is 1. The lowest BCUT2D eigenvalue weighted by Crippen LogP contribution is -2.65. The number of carbonyl (C=O) groups is 2. The van der Waals surface area contributed by atoms with Crippen molar-refractivity contribution in [3.8, 4) is 0 Å². The van der Waals surface area contributed by atoms with Gasteiger partial charge in [-0.25, -0.2) is 4.79 Å². The van der Waals surface area contributed by atoms with E-state index < -0.39 is 73.2 Å². The van der Waals surface area contributed by atoms with Gasteiger partial charge in [0.2, 0.25) is 5.91 Å². The van der Waals surface area contributed by atoms with E-state index in [1.807, 2.05) is 91.0 Å². The Bertz CT molecular complexity index is 1860. The molecule has 2 aliphatic heterocycles. The molecule has 0 aliphatic carbocycles. The molecule has 0 unspecified atom stereocenters. The zero-order valence-corrected chi connectivity index (χ0v) is 30.2. The molecular formula is C41H39F6NO9. The Kier molecular flexibility index (Phi) is 13.6. The van der Waals surface area contributed by atoms with Crippen LogP contribution >= 0.6 is 0 Å². The zero-order chi connectivity index (χ0) is 40.5. The Morgan fingerprint density at radius 2 is 1.04 bits per heavy atom. The van der Waals surface area contributed by atoms with E-state index in [0.29, 0.717) is 0 Å². The largest absolute Gasteiger partial charge is 0.465 e. The number of esters is 1. The molecule has 0 bridgehead atoms. The van der Waals surface area contributed by atoms with Crippen molar-refractivity contribution in [1.29, 1.82) is 0 Å². The fraction of sp³-hybridized carbons (Fsp3) is 0.366. The lowest BCUT2D eigenvalue weighted by atomic mass is 9.96. The van der Waals surface area contributed by atoms with Gasteiger partial charge in [-0.05, 0) is 22.3 Å². The van der Waals surface area contributed by atoms with Crippen LogP contribution in [0.25, 0.3) is 0 Å². The van der Waals surface area contributed by atoms with Crippen molar-refractivity contribution in [1.82, 2.24) is 5.32 Å². The van der Waals surface area contributed by atoms with Gasteiger partial charge in [-0.15, -0.1) is 0 Å². The van der Waals surface area contributed by atoms with Crippen LogP contribution in [0.4, 0.5) is 26.3 Å².